The zero-order chi connectivity index (χ0) is 28.7. The molecule has 37 heavy (non-hydrogen) atoms. The number of nitrogens with zero attached hydrogens (tertiary/aromatic N) is 1. The van der Waals surface area contributed by atoms with Crippen molar-refractivity contribution in [2.75, 3.05) is 6.54 Å². The molecule has 16 nitrogen and oxygen atoms in total. The molecule has 16 heteroatoms. The molecule has 12 N–H and O–H groups in total. The van der Waals surface area contributed by atoms with Crippen molar-refractivity contribution in [3.05, 3.63) is 0 Å². The zero-order valence-electron chi connectivity index (χ0n) is 20.8. The van der Waals surface area contributed by atoms with Crippen LogP contribution >= 0.6 is 0 Å². The number of amides is 3. The van der Waals surface area contributed by atoms with Crippen molar-refractivity contribution >= 4 is 41.6 Å². The number of guanidine groups is 1. The molecule has 0 aliphatic heterocycles. The first-order valence-corrected chi connectivity index (χ1v) is 11.5. The third-order valence-corrected chi connectivity index (χ3v) is 4.92. The van der Waals surface area contributed by atoms with E-state index in [2.05, 4.69) is 20.9 Å². The Morgan fingerprint density at radius 2 is 1.32 bits per heavy atom. The maximum Gasteiger partial charge on any atom is 0.326 e. The van der Waals surface area contributed by atoms with Gasteiger partial charge in [0.25, 0.3) is 0 Å². The summed E-state index contributed by atoms with van der Waals surface area (Å²) < 4.78 is 0. The molecule has 0 aromatic carbocycles. The molecule has 0 saturated carbocycles. The van der Waals surface area contributed by atoms with Crippen LogP contribution in [0.5, 0.6) is 0 Å². The van der Waals surface area contributed by atoms with Crippen LogP contribution in [0.1, 0.15) is 52.4 Å². The monoisotopic (exact) mass is 531 g/mol. The van der Waals surface area contributed by atoms with Gasteiger partial charge < -0.3 is 48.5 Å². The predicted molar refractivity (Wildman–Crippen MR) is 130 cm³/mol. The van der Waals surface area contributed by atoms with Crippen LogP contribution in [-0.4, -0.2) is 87.6 Å². The van der Waals surface area contributed by atoms with Crippen molar-refractivity contribution in [3.8, 4) is 0 Å². The van der Waals surface area contributed by atoms with E-state index in [9.17, 15) is 33.9 Å². The molecule has 4 unspecified atom stereocenters. The molecule has 3 amide bonds. The molecular formula is C21H37N7O9. The molecule has 0 aliphatic carbocycles. The van der Waals surface area contributed by atoms with Crippen molar-refractivity contribution < 1.29 is 44.1 Å². The van der Waals surface area contributed by atoms with Gasteiger partial charge in [0.05, 0.1) is 12.5 Å². The van der Waals surface area contributed by atoms with E-state index in [1.54, 1.807) is 13.8 Å². The summed E-state index contributed by atoms with van der Waals surface area (Å²) in [6.45, 7) is 3.61. The maximum absolute atomic E-state index is 12.9. The number of hydrogen-bond donors (Lipinski definition) is 9. The van der Waals surface area contributed by atoms with Gasteiger partial charge in [-0.15, -0.1) is 0 Å². The van der Waals surface area contributed by atoms with Crippen molar-refractivity contribution in [2.45, 2.75) is 76.5 Å². The second-order valence-electron chi connectivity index (χ2n) is 8.74. The van der Waals surface area contributed by atoms with Crippen molar-refractivity contribution in [1.29, 1.82) is 0 Å². The Morgan fingerprint density at radius 3 is 1.81 bits per heavy atom. The second kappa shape index (κ2) is 16.7. The Morgan fingerprint density at radius 1 is 0.784 bits per heavy atom. The first kappa shape index (κ1) is 33.0. The quantitative estimate of drug-likeness (QED) is 0.0495. The van der Waals surface area contributed by atoms with Gasteiger partial charge in [-0.05, 0) is 31.6 Å². The number of carboxylic acids is 3. The van der Waals surface area contributed by atoms with Gasteiger partial charge in [-0.3, -0.25) is 29.0 Å². The SMILES string of the molecule is CC(C)CC(NC(=O)C(CCCN=C(N)N)NC(=O)C(CC(=O)O)NC(=O)C(N)CCC(=O)O)C(=O)O. The molecule has 0 heterocycles. The van der Waals surface area contributed by atoms with Crippen molar-refractivity contribution in [3.63, 3.8) is 0 Å². The fourth-order valence-electron chi connectivity index (χ4n) is 3.08. The lowest BCUT2D eigenvalue weighted by atomic mass is 10.0. The predicted octanol–water partition coefficient (Wildman–Crippen LogP) is -2.71. The van der Waals surface area contributed by atoms with Crippen LogP contribution in [0.3, 0.4) is 0 Å². The summed E-state index contributed by atoms with van der Waals surface area (Å²) >= 11 is 0. The highest BCUT2D eigenvalue weighted by Crippen LogP contribution is 2.08. The lowest BCUT2D eigenvalue weighted by molar-refractivity contribution is -0.143. The largest absolute Gasteiger partial charge is 0.481 e. The van der Waals surface area contributed by atoms with Gasteiger partial charge in [-0.2, -0.15) is 0 Å². The van der Waals surface area contributed by atoms with Crippen LogP contribution in [0, 0.1) is 5.92 Å². The van der Waals surface area contributed by atoms with Crippen molar-refractivity contribution in [2.24, 2.45) is 28.1 Å². The molecule has 4 atom stereocenters. The zero-order valence-corrected chi connectivity index (χ0v) is 20.8. The summed E-state index contributed by atoms with van der Waals surface area (Å²) in [7, 11) is 0. The van der Waals surface area contributed by atoms with Crippen LogP contribution in [-0.2, 0) is 28.8 Å². The summed E-state index contributed by atoms with van der Waals surface area (Å²) in [5.41, 5.74) is 16.1. The lowest BCUT2D eigenvalue weighted by Gasteiger charge is -2.25. The molecule has 0 saturated heterocycles. The number of nitrogens with two attached hydrogens (primary N) is 3. The number of hydrogen-bond acceptors (Lipinski definition) is 8. The molecule has 0 aliphatic rings. The van der Waals surface area contributed by atoms with E-state index in [-0.39, 0.29) is 44.1 Å². The highest BCUT2D eigenvalue weighted by atomic mass is 16.4. The van der Waals surface area contributed by atoms with Gasteiger partial charge in [0.1, 0.15) is 18.1 Å². The minimum absolute atomic E-state index is 0.0474. The summed E-state index contributed by atoms with van der Waals surface area (Å²) in [6, 6.07) is -5.54. The number of carbonyl (C=O) groups excluding carboxylic acids is 3. The van der Waals surface area contributed by atoms with E-state index in [0.717, 1.165) is 0 Å². The minimum Gasteiger partial charge on any atom is -0.481 e. The smallest absolute Gasteiger partial charge is 0.326 e. The molecule has 0 bridgehead atoms. The van der Waals surface area contributed by atoms with E-state index >= 15 is 0 Å². The number of carboxylic acid groups (broad SMARTS) is 3. The number of aliphatic carboxylic acids is 3. The molecule has 210 valence electrons. The van der Waals surface area contributed by atoms with E-state index in [1.165, 1.54) is 0 Å². The standard InChI is InChI=1S/C21H37N7O9/c1-10(2)8-14(20(36)37)28-18(34)12(4-3-7-25-21(23)24)26-19(35)13(9-16(31)32)27-17(33)11(22)5-6-15(29)30/h10-14H,3-9,22H2,1-2H3,(H,26,35)(H,27,33)(H,28,34)(H,29,30)(H,31,32)(H,36,37)(H4,23,24,25). The van der Waals surface area contributed by atoms with Gasteiger partial charge in [0, 0.05) is 13.0 Å². The molecule has 0 spiro atoms. The summed E-state index contributed by atoms with van der Waals surface area (Å²) in [5, 5.41) is 34.1. The summed E-state index contributed by atoms with van der Waals surface area (Å²) in [6.07, 6.45) is -1.30. The summed E-state index contributed by atoms with van der Waals surface area (Å²) in [4.78, 5) is 75.3. The summed E-state index contributed by atoms with van der Waals surface area (Å²) in [5.74, 6) is -7.04. The van der Waals surface area contributed by atoms with E-state index in [1.807, 2.05) is 0 Å². The van der Waals surface area contributed by atoms with Gasteiger partial charge >= 0.3 is 17.9 Å². The minimum atomic E-state index is -1.65. The Hall–Kier alpha value is -3.95. The Balaban J connectivity index is 5.65. The van der Waals surface area contributed by atoms with Crippen LogP contribution in [0.4, 0.5) is 0 Å². The lowest BCUT2D eigenvalue weighted by Crippen LogP contribution is -2.57. The molecule has 0 fully saturated rings. The fourth-order valence-corrected chi connectivity index (χ4v) is 3.08. The Labute approximate surface area is 213 Å². The maximum atomic E-state index is 12.9. The molecule has 0 radical (unpaired) electrons. The Bertz CT molecular complexity index is 859. The second-order valence-corrected chi connectivity index (χ2v) is 8.74. The van der Waals surface area contributed by atoms with Crippen LogP contribution in [0.15, 0.2) is 4.99 Å². The highest BCUT2D eigenvalue weighted by molar-refractivity contribution is 5.95. The van der Waals surface area contributed by atoms with Gasteiger partial charge in [-0.1, -0.05) is 13.8 Å². The van der Waals surface area contributed by atoms with Gasteiger partial charge in [0.2, 0.25) is 17.7 Å². The van der Waals surface area contributed by atoms with E-state index in [0.29, 0.717) is 0 Å². The first-order valence-electron chi connectivity index (χ1n) is 11.5. The van der Waals surface area contributed by atoms with Crippen molar-refractivity contribution in [1.82, 2.24) is 16.0 Å². The average molecular weight is 532 g/mol. The third-order valence-electron chi connectivity index (χ3n) is 4.92. The average Bonchev–Trinajstić information content (AvgIpc) is 2.77. The topological polar surface area (TPSA) is 290 Å². The normalized spacial score (nSPS) is 13.9. The molecular weight excluding hydrogens is 494 g/mol. The van der Waals surface area contributed by atoms with Crippen LogP contribution in [0.2, 0.25) is 0 Å². The highest BCUT2D eigenvalue weighted by Gasteiger charge is 2.31. The van der Waals surface area contributed by atoms with E-state index in [4.69, 9.17) is 27.4 Å². The molecule has 0 rings (SSSR count). The van der Waals surface area contributed by atoms with Gasteiger partial charge in [0.15, 0.2) is 5.96 Å². The number of nitrogens with one attached hydrogen (secondary N) is 3. The van der Waals surface area contributed by atoms with E-state index < -0.39 is 72.6 Å². The first-order chi connectivity index (χ1) is 17.1. The number of aliphatic imine (C=N–C) groups is 1. The van der Waals surface area contributed by atoms with Crippen LogP contribution < -0.4 is 33.2 Å². The number of carbonyl (C=O) groups is 6. The Kier molecular flexibility index (Phi) is 14.9. The van der Waals surface area contributed by atoms with Crippen LogP contribution in [0.25, 0.3) is 0 Å². The number of rotatable bonds is 18. The third kappa shape index (κ3) is 14.9. The molecule has 0 aromatic rings. The van der Waals surface area contributed by atoms with Gasteiger partial charge in [-0.25, -0.2) is 4.79 Å². The fraction of sp³-hybridized carbons (Fsp3) is 0.667. The molecule has 0 aromatic heterocycles.